The Bertz CT molecular complexity index is 829. The Morgan fingerprint density at radius 2 is 1.95 bits per heavy atom. The van der Waals surface area contributed by atoms with Crippen molar-refractivity contribution in [3.63, 3.8) is 0 Å². The highest BCUT2D eigenvalue weighted by molar-refractivity contribution is 7.16. The van der Waals surface area contributed by atoms with Crippen LogP contribution < -0.4 is 10.5 Å². The van der Waals surface area contributed by atoms with E-state index in [0.29, 0.717) is 16.8 Å². The van der Waals surface area contributed by atoms with Crippen LogP contribution >= 0.6 is 11.3 Å². The predicted molar refractivity (Wildman–Crippen MR) is 75.7 cm³/mol. The van der Waals surface area contributed by atoms with Crippen molar-refractivity contribution in [2.75, 3.05) is 5.73 Å². The Morgan fingerprint density at radius 1 is 1.16 bits per heavy atom. The van der Waals surface area contributed by atoms with E-state index in [1.165, 1.54) is 18.2 Å². The van der Waals surface area contributed by atoms with Gasteiger partial charge in [-0.05, 0) is 30.3 Å². The van der Waals surface area contributed by atoms with Crippen molar-refractivity contribution in [3.05, 3.63) is 57.8 Å². The number of hydrogen-bond acceptors (Lipinski definition) is 4. The molecule has 0 fully saturated rings. The summed E-state index contributed by atoms with van der Waals surface area (Å²) in [7, 11) is 0. The molecule has 3 aromatic rings. The number of anilines is 1. The highest BCUT2D eigenvalue weighted by Gasteiger charge is 2.11. The van der Waals surface area contributed by atoms with Gasteiger partial charge in [-0.2, -0.15) is 0 Å². The third kappa shape index (κ3) is 2.08. The van der Waals surface area contributed by atoms with Gasteiger partial charge in [-0.3, -0.25) is 4.79 Å². The molecule has 3 rings (SSSR count). The number of nitrogen functional groups attached to an aromatic ring is 1. The van der Waals surface area contributed by atoms with E-state index in [-0.39, 0.29) is 10.4 Å². The molecule has 1 aromatic heterocycles. The second-order valence-corrected chi connectivity index (χ2v) is 5.06. The number of hydrogen-bond donors (Lipinski definition) is 1. The molecule has 0 unspecified atom stereocenters. The Balaban J connectivity index is 2.33. The summed E-state index contributed by atoms with van der Waals surface area (Å²) in [6.07, 6.45) is 0. The Kier molecular flexibility index (Phi) is 2.76. The van der Waals surface area contributed by atoms with Gasteiger partial charge in [0.15, 0.2) is 0 Å². The van der Waals surface area contributed by atoms with Crippen LogP contribution in [0.2, 0.25) is 0 Å². The van der Waals surface area contributed by atoms with E-state index in [2.05, 4.69) is 4.98 Å². The van der Waals surface area contributed by atoms with Crippen LogP contribution in [0.15, 0.2) is 47.3 Å². The molecule has 2 aromatic carbocycles. The lowest BCUT2D eigenvalue weighted by molar-refractivity contribution is 0.628. The van der Waals surface area contributed by atoms with Crippen molar-refractivity contribution in [1.82, 2.24) is 4.98 Å². The molecule has 19 heavy (non-hydrogen) atoms. The second-order valence-electron chi connectivity index (χ2n) is 4.05. The molecule has 0 saturated heterocycles. The van der Waals surface area contributed by atoms with Gasteiger partial charge >= 0.3 is 0 Å². The minimum absolute atomic E-state index is 0.195. The summed E-state index contributed by atoms with van der Waals surface area (Å²) in [4.78, 5) is 16.4. The normalized spacial score (nSPS) is 10.8. The maximum absolute atomic E-state index is 13.3. The lowest BCUT2D eigenvalue weighted by atomic mass is 10.1. The number of benzene rings is 2. The fourth-order valence-electron chi connectivity index (χ4n) is 1.85. The molecule has 2 N–H and O–H groups in total. The van der Waals surface area contributed by atoms with Crippen molar-refractivity contribution in [1.29, 1.82) is 0 Å². The van der Waals surface area contributed by atoms with Crippen LogP contribution in [-0.4, -0.2) is 4.98 Å². The summed E-state index contributed by atoms with van der Waals surface area (Å²) in [6.45, 7) is 0. The van der Waals surface area contributed by atoms with Gasteiger partial charge in [0.05, 0.1) is 10.2 Å². The smallest absolute Gasteiger partial charge is 0.259 e. The van der Waals surface area contributed by atoms with E-state index >= 15 is 0 Å². The minimum atomic E-state index is -0.441. The number of nitrogens with zero attached hydrogens (tertiary/aromatic N) is 1. The van der Waals surface area contributed by atoms with Crippen LogP contribution in [0, 0.1) is 5.82 Å². The fraction of sp³-hybridized carbons (Fsp3) is 0. The van der Waals surface area contributed by atoms with Gasteiger partial charge in [-0.15, -0.1) is 0 Å². The number of para-hydroxylation sites is 1. The fourth-order valence-corrected chi connectivity index (χ4v) is 2.67. The van der Waals surface area contributed by atoms with E-state index in [1.54, 1.807) is 0 Å². The van der Waals surface area contributed by atoms with Crippen LogP contribution in [-0.2, 0) is 0 Å². The molecular formula is C14H9FN2OS. The van der Waals surface area contributed by atoms with Crippen LogP contribution in [0.1, 0.15) is 0 Å². The van der Waals surface area contributed by atoms with E-state index in [0.717, 1.165) is 16.0 Å². The SMILES string of the molecule is Nc1ccc(F)cc1-c1nc2ccccc2sc1=O. The van der Waals surface area contributed by atoms with Gasteiger partial charge in [0, 0.05) is 11.3 Å². The van der Waals surface area contributed by atoms with Crippen LogP contribution in [0.25, 0.3) is 21.5 Å². The number of halogens is 1. The summed E-state index contributed by atoms with van der Waals surface area (Å²) >= 11 is 1.08. The minimum Gasteiger partial charge on any atom is -0.398 e. The first-order valence-corrected chi connectivity index (χ1v) is 6.42. The quantitative estimate of drug-likeness (QED) is 0.693. The zero-order chi connectivity index (χ0) is 13.4. The van der Waals surface area contributed by atoms with E-state index < -0.39 is 5.82 Å². The summed E-state index contributed by atoms with van der Waals surface area (Å²) in [6, 6.07) is 11.2. The van der Waals surface area contributed by atoms with Crippen LogP contribution in [0.3, 0.4) is 0 Å². The summed E-state index contributed by atoms with van der Waals surface area (Å²) in [5, 5.41) is 0. The Morgan fingerprint density at radius 3 is 2.79 bits per heavy atom. The maximum atomic E-state index is 13.3. The molecule has 5 heteroatoms. The highest BCUT2D eigenvalue weighted by atomic mass is 32.1. The molecule has 3 nitrogen and oxygen atoms in total. The van der Waals surface area contributed by atoms with Gasteiger partial charge < -0.3 is 5.73 Å². The zero-order valence-corrected chi connectivity index (χ0v) is 10.6. The molecule has 0 aliphatic heterocycles. The van der Waals surface area contributed by atoms with Gasteiger partial charge in [-0.1, -0.05) is 23.5 Å². The highest BCUT2D eigenvalue weighted by Crippen LogP contribution is 2.25. The molecule has 0 radical (unpaired) electrons. The summed E-state index contributed by atoms with van der Waals surface area (Å²) < 4.78 is 13.9. The summed E-state index contributed by atoms with van der Waals surface area (Å²) in [5.74, 6) is -0.441. The first-order chi connectivity index (χ1) is 9.15. The van der Waals surface area contributed by atoms with Crippen molar-refractivity contribution >= 4 is 27.2 Å². The average molecular weight is 272 g/mol. The third-order valence-electron chi connectivity index (χ3n) is 2.76. The lowest BCUT2D eigenvalue weighted by Crippen LogP contribution is -2.05. The zero-order valence-electron chi connectivity index (χ0n) is 9.76. The first-order valence-electron chi connectivity index (χ1n) is 5.60. The van der Waals surface area contributed by atoms with Gasteiger partial charge in [-0.25, -0.2) is 9.37 Å². The second kappa shape index (κ2) is 4.44. The maximum Gasteiger partial charge on any atom is 0.259 e. The molecule has 0 aliphatic carbocycles. The van der Waals surface area contributed by atoms with Crippen molar-refractivity contribution < 1.29 is 4.39 Å². The number of rotatable bonds is 1. The van der Waals surface area contributed by atoms with Crippen molar-refractivity contribution in [3.8, 4) is 11.3 Å². The molecule has 94 valence electrons. The largest absolute Gasteiger partial charge is 0.398 e. The topological polar surface area (TPSA) is 56.0 Å². The van der Waals surface area contributed by atoms with E-state index in [1.807, 2.05) is 24.3 Å². The van der Waals surface area contributed by atoms with Crippen molar-refractivity contribution in [2.45, 2.75) is 0 Å². The molecule has 0 bridgehead atoms. The number of fused-ring (bicyclic) bond motifs is 1. The number of nitrogens with two attached hydrogens (primary N) is 1. The molecule has 1 heterocycles. The number of aromatic nitrogens is 1. The molecular weight excluding hydrogens is 263 g/mol. The standard InChI is InChI=1S/C14H9FN2OS/c15-8-5-6-10(16)9(7-8)13-14(18)19-12-4-2-1-3-11(12)17-13/h1-7H,16H2. The first kappa shape index (κ1) is 11.8. The van der Waals surface area contributed by atoms with E-state index in [9.17, 15) is 9.18 Å². The van der Waals surface area contributed by atoms with E-state index in [4.69, 9.17) is 5.73 Å². The van der Waals surface area contributed by atoms with Gasteiger partial charge in [0.1, 0.15) is 11.5 Å². The van der Waals surface area contributed by atoms with Gasteiger partial charge in [0.25, 0.3) is 4.74 Å². The average Bonchev–Trinajstić information content (AvgIpc) is 2.41. The van der Waals surface area contributed by atoms with Crippen LogP contribution in [0.5, 0.6) is 0 Å². The predicted octanol–water partition coefficient (Wildman–Crippen LogP) is 3.04. The van der Waals surface area contributed by atoms with Crippen molar-refractivity contribution in [2.24, 2.45) is 0 Å². The molecule has 0 aliphatic rings. The monoisotopic (exact) mass is 272 g/mol. The molecule has 0 saturated carbocycles. The molecule has 0 spiro atoms. The Hall–Kier alpha value is -2.27. The molecule has 0 atom stereocenters. The van der Waals surface area contributed by atoms with Gasteiger partial charge in [0.2, 0.25) is 0 Å². The molecule has 0 amide bonds. The summed E-state index contributed by atoms with van der Waals surface area (Å²) in [5.41, 5.74) is 7.37. The Labute approximate surface area is 112 Å². The van der Waals surface area contributed by atoms with Crippen LogP contribution in [0.4, 0.5) is 10.1 Å². The lowest BCUT2D eigenvalue weighted by Gasteiger charge is -2.05. The third-order valence-corrected chi connectivity index (χ3v) is 3.71.